The van der Waals surface area contributed by atoms with E-state index in [1.807, 2.05) is 0 Å². The second-order valence-corrected chi connectivity index (χ2v) is 4.43. The van der Waals surface area contributed by atoms with Gasteiger partial charge in [-0.2, -0.15) is 0 Å². The first kappa shape index (κ1) is 25.8. The van der Waals surface area contributed by atoms with Gasteiger partial charge in [0.1, 0.15) is 24.4 Å². The fourth-order valence-electron chi connectivity index (χ4n) is 1.23. The number of aliphatic hydroxyl groups is 4. The third-order valence-corrected chi connectivity index (χ3v) is 2.55. The number of phosphoric acid groups is 1. The van der Waals surface area contributed by atoms with Gasteiger partial charge >= 0.3 is 59.1 Å². The van der Waals surface area contributed by atoms with Crippen molar-refractivity contribution < 1.29 is 109 Å². The van der Waals surface area contributed by atoms with E-state index in [0.29, 0.717) is 0 Å². The zero-order valence-electron chi connectivity index (χ0n) is 10.4. The summed E-state index contributed by atoms with van der Waals surface area (Å²) in [6, 6.07) is 0. The Bertz CT molecular complexity index is 287. The summed E-state index contributed by atoms with van der Waals surface area (Å²) in [5.74, 6) is 0. The molecule has 0 bridgehead atoms. The minimum Gasteiger partial charge on any atom is -0.790 e. The molecule has 0 amide bonds. The van der Waals surface area contributed by atoms with Gasteiger partial charge in [-0.15, -0.1) is 0 Å². The molecule has 0 aromatic rings. The van der Waals surface area contributed by atoms with E-state index in [1.54, 1.807) is 0 Å². The second kappa shape index (κ2) is 10.6. The van der Waals surface area contributed by atoms with Crippen molar-refractivity contribution in [3.63, 3.8) is 0 Å². The topological polar surface area (TPSA) is 194 Å². The molecule has 0 saturated carbocycles. The van der Waals surface area contributed by atoms with Gasteiger partial charge in [-0.05, 0) is 0 Å². The van der Waals surface area contributed by atoms with Crippen LogP contribution >= 0.6 is 7.82 Å². The zero-order chi connectivity index (χ0) is 12.5. The van der Waals surface area contributed by atoms with Crippen LogP contribution in [-0.2, 0) is 13.8 Å². The maximum atomic E-state index is 10.1. The molecule has 0 radical (unpaired) electrons. The van der Waals surface area contributed by atoms with E-state index in [1.165, 1.54) is 0 Å². The minimum atomic E-state index is -5.23. The predicted octanol–water partition coefficient (Wildman–Crippen LogP) is -11.2. The van der Waals surface area contributed by atoms with Gasteiger partial charge < -0.3 is 49.5 Å². The van der Waals surface area contributed by atoms with Gasteiger partial charge in [0.25, 0.3) is 0 Å². The van der Waals surface area contributed by atoms with Crippen LogP contribution in [-0.4, -0.2) is 63.2 Å². The Balaban J connectivity index is -0.000000853. The third-order valence-electron chi connectivity index (χ3n) is 2.08. The Hall–Kier alpha value is 1.87. The molecule has 0 aromatic heterocycles. The smallest absolute Gasteiger partial charge is 0.790 e. The van der Waals surface area contributed by atoms with Crippen molar-refractivity contribution in [1.29, 1.82) is 0 Å². The van der Waals surface area contributed by atoms with Crippen LogP contribution in [0.15, 0.2) is 0 Å². The number of phosphoric ester groups is 1. The maximum absolute atomic E-state index is 10.1. The molecule has 0 spiro atoms. The number of hydrogen-bond donors (Lipinski definition) is 4. The summed E-state index contributed by atoms with van der Waals surface area (Å²) in [6.45, 7) is -0.855. The molecule has 1 aliphatic heterocycles. The van der Waals surface area contributed by atoms with Crippen molar-refractivity contribution in [2.75, 3.05) is 6.61 Å². The maximum Gasteiger partial charge on any atom is 1.00 e. The van der Waals surface area contributed by atoms with Crippen molar-refractivity contribution >= 4 is 7.82 Å². The summed E-state index contributed by atoms with van der Waals surface area (Å²) in [6.07, 6.45) is -8.35. The van der Waals surface area contributed by atoms with E-state index in [9.17, 15) is 24.6 Å². The van der Waals surface area contributed by atoms with Crippen LogP contribution in [0.2, 0.25) is 0 Å². The molecule has 1 heterocycles. The standard InChI is InChI=1S/C6H13O9P.2Na.H2O/c7-3-2(1-14-16(11,12)13)15-6(10)5(9)4(3)8;;;/h2-10H,1H2,(H2,11,12,13);;;1H2/q;2*+1;/p-2/t2-,3-,4+,5+,6?;;;/m1.../s1. The Labute approximate surface area is 152 Å². The summed E-state index contributed by atoms with van der Waals surface area (Å²) in [4.78, 5) is 20.3. The summed E-state index contributed by atoms with van der Waals surface area (Å²) in [5, 5.41) is 36.6. The van der Waals surface area contributed by atoms with Gasteiger partial charge in [0.05, 0.1) is 14.4 Å². The van der Waals surface area contributed by atoms with Crippen molar-refractivity contribution in [2.24, 2.45) is 0 Å². The largest absolute Gasteiger partial charge is 1.00 e. The fraction of sp³-hybridized carbons (Fsp3) is 1.00. The first-order valence-electron chi connectivity index (χ1n) is 4.26. The zero-order valence-corrected chi connectivity index (χ0v) is 15.3. The van der Waals surface area contributed by atoms with Gasteiger partial charge in [0, 0.05) is 0 Å². The second-order valence-electron chi connectivity index (χ2n) is 3.28. The summed E-state index contributed by atoms with van der Waals surface area (Å²) < 4.78 is 18.5. The van der Waals surface area contributed by atoms with Crippen molar-refractivity contribution in [3.8, 4) is 0 Å². The Morgan fingerprint density at radius 2 is 1.53 bits per heavy atom. The van der Waals surface area contributed by atoms with Gasteiger partial charge in [-0.25, -0.2) is 0 Å². The molecule has 5 atom stereocenters. The first-order valence-corrected chi connectivity index (χ1v) is 5.73. The molecule has 1 rings (SSSR count). The molecule has 104 valence electrons. The van der Waals surface area contributed by atoms with Crippen LogP contribution in [0, 0.1) is 0 Å². The predicted molar refractivity (Wildman–Crippen MR) is 46.1 cm³/mol. The molecule has 1 saturated heterocycles. The van der Waals surface area contributed by atoms with Gasteiger partial charge in [-0.3, -0.25) is 0 Å². The van der Waals surface area contributed by atoms with E-state index < -0.39 is 45.1 Å². The summed E-state index contributed by atoms with van der Waals surface area (Å²) >= 11 is 0. The monoisotopic (exact) mass is 322 g/mol. The average Bonchev–Trinajstić information content (AvgIpc) is 2.17. The van der Waals surface area contributed by atoms with E-state index in [2.05, 4.69) is 9.26 Å². The van der Waals surface area contributed by atoms with E-state index in [4.69, 9.17) is 10.2 Å². The van der Waals surface area contributed by atoms with Gasteiger partial charge in [0.15, 0.2) is 6.29 Å². The molecule has 0 aromatic carbocycles. The van der Waals surface area contributed by atoms with E-state index in [0.717, 1.165) is 0 Å². The molecular formula is C6H13Na2O10P. The molecule has 19 heavy (non-hydrogen) atoms. The van der Waals surface area contributed by atoms with Crippen LogP contribution in [0.3, 0.4) is 0 Å². The van der Waals surface area contributed by atoms with Crippen molar-refractivity contribution in [3.05, 3.63) is 0 Å². The molecule has 0 aliphatic carbocycles. The van der Waals surface area contributed by atoms with Crippen molar-refractivity contribution in [1.82, 2.24) is 0 Å². The number of rotatable bonds is 3. The molecular weight excluding hydrogens is 309 g/mol. The van der Waals surface area contributed by atoms with Crippen LogP contribution in [0.1, 0.15) is 0 Å². The third kappa shape index (κ3) is 8.17. The molecule has 1 unspecified atom stereocenters. The molecule has 1 fully saturated rings. The SMILES string of the molecule is O.O=P([O-])([O-])OC[C@H]1OC(O)[C@@H](O)[C@@H](O)[C@@H]1O.[Na+].[Na+]. The molecule has 10 nitrogen and oxygen atoms in total. The summed E-state index contributed by atoms with van der Waals surface area (Å²) in [5.41, 5.74) is 0. The molecule has 13 heteroatoms. The van der Waals surface area contributed by atoms with Crippen LogP contribution in [0.5, 0.6) is 0 Å². The summed E-state index contributed by atoms with van der Waals surface area (Å²) in [7, 11) is -5.23. The van der Waals surface area contributed by atoms with Gasteiger partial charge in [0.2, 0.25) is 0 Å². The fourth-order valence-corrected chi connectivity index (χ4v) is 1.56. The van der Waals surface area contributed by atoms with Gasteiger partial charge in [-0.1, -0.05) is 0 Å². The number of aliphatic hydroxyl groups excluding tert-OH is 4. The number of ether oxygens (including phenoxy) is 1. The van der Waals surface area contributed by atoms with Crippen molar-refractivity contribution in [2.45, 2.75) is 30.7 Å². The quantitative estimate of drug-likeness (QED) is 0.288. The number of hydrogen-bond acceptors (Lipinski definition) is 9. The Kier molecular flexibility index (Phi) is 14.4. The van der Waals surface area contributed by atoms with Crippen LogP contribution in [0.4, 0.5) is 0 Å². The Morgan fingerprint density at radius 1 is 1.05 bits per heavy atom. The van der Waals surface area contributed by atoms with Crippen LogP contribution < -0.4 is 68.9 Å². The first-order chi connectivity index (χ1) is 7.22. The Morgan fingerprint density at radius 3 is 1.95 bits per heavy atom. The minimum absolute atomic E-state index is 0. The molecule has 1 aliphatic rings. The van der Waals surface area contributed by atoms with Crippen LogP contribution in [0.25, 0.3) is 0 Å². The van der Waals surface area contributed by atoms with E-state index >= 15 is 0 Å². The molecule has 6 N–H and O–H groups in total. The van der Waals surface area contributed by atoms with E-state index in [-0.39, 0.29) is 64.6 Å². The normalized spacial score (nSPS) is 34.5. The average molecular weight is 322 g/mol.